The molecule has 0 unspecified atom stereocenters. The molecule has 1 heterocycles. The zero-order valence-corrected chi connectivity index (χ0v) is 13.5. The van der Waals surface area contributed by atoms with Gasteiger partial charge in [-0.05, 0) is 35.9 Å². The first-order valence-electron chi connectivity index (χ1n) is 7.49. The lowest BCUT2D eigenvalue weighted by molar-refractivity contribution is 0.637. The lowest BCUT2D eigenvalue weighted by atomic mass is 9.84. The van der Waals surface area contributed by atoms with Gasteiger partial charge in [0, 0.05) is 23.8 Å². The van der Waals surface area contributed by atoms with E-state index >= 15 is 0 Å². The fourth-order valence-electron chi connectivity index (χ4n) is 2.98. The maximum absolute atomic E-state index is 8.80. The average Bonchev–Trinajstić information content (AvgIpc) is 2.76. The summed E-state index contributed by atoms with van der Waals surface area (Å²) in [5.41, 5.74) is 4.86. The Bertz CT molecular complexity index is 823. The van der Waals surface area contributed by atoms with Gasteiger partial charge < -0.3 is 4.90 Å². The fourth-order valence-corrected chi connectivity index (χ4v) is 2.98. The van der Waals surface area contributed by atoms with E-state index in [1.807, 2.05) is 12.3 Å². The van der Waals surface area contributed by atoms with E-state index in [4.69, 9.17) is 5.26 Å². The van der Waals surface area contributed by atoms with Crippen molar-refractivity contribution in [2.24, 2.45) is 10.2 Å². The van der Waals surface area contributed by atoms with Crippen molar-refractivity contribution in [1.82, 2.24) is 0 Å². The predicted molar refractivity (Wildman–Crippen MR) is 91.6 cm³/mol. The van der Waals surface area contributed by atoms with Crippen molar-refractivity contribution >= 4 is 11.4 Å². The second kappa shape index (κ2) is 5.69. The molecule has 0 amide bonds. The van der Waals surface area contributed by atoms with E-state index in [9.17, 15) is 0 Å². The minimum Gasteiger partial charge on any atom is -0.346 e. The van der Waals surface area contributed by atoms with Gasteiger partial charge in [0.15, 0.2) is 0 Å². The second-order valence-electron chi connectivity index (χ2n) is 6.09. The molecule has 2 aromatic carbocycles. The van der Waals surface area contributed by atoms with E-state index in [2.05, 4.69) is 60.3 Å². The lowest BCUT2D eigenvalue weighted by Crippen LogP contribution is -2.22. The van der Waals surface area contributed by atoms with Gasteiger partial charge in [0.1, 0.15) is 0 Å². The predicted octanol–water partition coefficient (Wildman–Crippen LogP) is 4.91. The molecule has 0 spiro atoms. The van der Waals surface area contributed by atoms with Crippen molar-refractivity contribution in [1.29, 1.82) is 5.26 Å². The van der Waals surface area contributed by atoms with Crippen LogP contribution in [0.15, 0.2) is 70.7 Å². The Labute approximate surface area is 136 Å². The zero-order valence-electron chi connectivity index (χ0n) is 13.5. The number of nitrogens with zero attached hydrogens (tertiary/aromatic N) is 4. The molecule has 4 heteroatoms. The highest BCUT2D eigenvalue weighted by Gasteiger charge is 2.38. The van der Waals surface area contributed by atoms with E-state index in [0.717, 1.165) is 11.4 Å². The van der Waals surface area contributed by atoms with Crippen LogP contribution in [0, 0.1) is 11.3 Å². The summed E-state index contributed by atoms with van der Waals surface area (Å²) >= 11 is 0. The molecule has 0 saturated heterocycles. The van der Waals surface area contributed by atoms with Crippen molar-refractivity contribution in [3.05, 3.63) is 71.6 Å². The first-order valence-corrected chi connectivity index (χ1v) is 7.49. The van der Waals surface area contributed by atoms with E-state index < -0.39 is 0 Å². The summed E-state index contributed by atoms with van der Waals surface area (Å²) in [6.07, 6.45) is 1.82. The van der Waals surface area contributed by atoms with Gasteiger partial charge in [-0.2, -0.15) is 15.5 Å². The molecule has 0 radical (unpaired) electrons. The van der Waals surface area contributed by atoms with E-state index in [1.165, 1.54) is 11.3 Å². The van der Waals surface area contributed by atoms with Gasteiger partial charge in [-0.3, -0.25) is 0 Å². The number of anilines is 1. The van der Waals surface area contributed by atoms with E-state index in [0.29, 0.717) is 5.56 Å². The molecule has 1 aliphatic rings. The standard InChI is InChI=1S/C19H18N4/c1-19(2)16-6-4-5-7-17(16)23(3)18(19)13-21-22-15-10-8-14(12-20)9-11-15/h4-11,13H,1-3H3/b18-13+,22-21?. The number of fused-ring (bicyclic) bond motifs is 1. The minimum absolute atomic E-state index is 0.102. The highest BCUT2D eigenvalue weighted by Crippen LogP contribution is 2.46. The first-order chi connectivity index (χ1) is 11.0. The van der Waals surface area contributed by atoms with Crippen LogP contribution in [0.5, 0.6) is 0 Å². The number of benzene rings is 2. The largest absolute Gasteiger partial charge is 0.346 e. The van der Waals surface area contributed by atoms with Crippen LogP contribution in [0.2, 0.25) is 0 Å². The third-order valence-electron chi connectivity index (χ3n) is 4.29. The average molecular weight is 302 g/mol. The van der Waals surface area contributed by atoms with Crippen LogP contribution in [0.3, 0.4) is 0 Å². The number of allylic oxidation sites excluding steroid dienone is 1. The van der Waals surface area contributed by atoms with Gasteiger partial charge in [-0.25, -0.2) is 0 Å². The summed E-state index contributed by atoms with van der Waals surface area (Å²) in [4.78, 5) is 2.16. The number of hydrogen-bond acceptors (Lipinski definition) is 4. The van der Waals surface area contributed by atoms with Crippen LogP contribution in [-0.2, 0) is 5.41 Å². The molecule has 0 atom stereocenters. The Kier molecular flexibility index (Phi) is 3.71. The normalized spacial score (nSPS) is 17.5. The summed E-state index contributed by atoms with van der Waals surface area (Å²) in [6, 6.07) is 17.5. The lowest BCUT2D eigenvalue weighted by Gasteiger charge is -2.22. The number of para-hydroxylation sites is 1. The molecule has 23 heavy (non-hydrogen) atoms. The summed E-state index contributed by atoms with van der Waals surface area (Å²) < 4.78 is 0. The zero-order chi connectivity index (χ0) is 16.4. The molecular formula is C19H18N4. The van der Waals surface area contributed by atoms with Gasteiger partial charge in [0.2, 0.25) is 0 Å². The van der Waals surface area contributed by atoms with Crippen molar-refractivity contribution in [2.75, 3.05) is 11.9 Å². The Morgan fingerprint density at radius 2 is 1.78 bits per heavy atom. The molecule has 0 aliphatic carbocycles. The number of nitriles is 1. The summed E-state index contributed by atoms with van der Waals surface area (Å²) in [7, 11) is 2.05. The molecule has 0 fully saturated rings. The number of hydrogen-bond donors (Lipinski definition) is 0. The number of likely N-dealkylation sites (N-methyl/N-ethyl adjacent to an activating group) is 1. The third kappa shape index (κ3) is 2.62. The molecule has 0 saturated carbocycles. The first kappa shape index (κ1) is 15.0. The molecule has 0 bridgehead atoms. The van der Waals surface area contributed by atoms with Crippen LogP contribution in [-0.4, -0.2) is 7.05 Å². The van der Waals surface area contributed by atoms with Crippen LogP contribution in [0.4, 0.5) is 11.4 Å². The smallest absolute Gasteiger partial charge is 0.0991 e. The van der Waals surface area contributed by atoms with Gasteiger partial charge in [0.05, 0.1) is 23.5 Å². The maximum atomic E-state index is 8.80. The number of azo groups is 1. The summed E-state index contributed by atoms with van der Waals surface area (Å²) in [5, 5.41) is 17.3. The SMILES string of the molecule is CN1/C(=C/N=Nc2ccc(C#N)cc2)C(C)(C)c2ccccc21. The van der Waals surface area contributed by atoms with E-state index in [-0.39, 0.29) is 5.41 Å². The molecule has 114 valence electrons. The van der Waals surface area contributed by atoms with Gasteiger partial charge >= 0.3 is 0 Å². The molecule has 0 N–H and O–H groups in total. The van der Waals surface area contributed by atoms with Crippen molar-refractivity contribution in [3.63, 3.8) is 0 Å². The Balaban J connectivity index is 1.88. The second-order valence-corrected chi connectivity index (χ2v) is 6.09. The van der Waals surface area contributed by atoms with Gasteiger partial charge in [-0.15, -0.1) is 0 Å². The minimum atomic E-state index is -0.102. The molecule has 0 aromatic heterocycles. The van der Waals surface area contributed by atoms with Crippen molar-refractivity contribution in [3.8, 4) is 6.07 Å². The van der Waals surface area contributed by atoms with Crippen LogP contribution >= 0.6 is 0 Å². The highest BCUT2D eigenvalue weighted by molar-refractivity contribution is 5.69. The quantitative estimate of drug-likeness (QED) is 0.740. The molecule has 1 aliphatic heterocycles. The summed E-state index contributed by atoms with van der Waals surface area (Å²) in [6.45, 7) is 4.39. The van der Waals surface area contributed by atoms with Crippen molar-refractivity contribution in [2.45, 2.75) is 19.3 Å². The third-order valence-corrected chi connectivity index (χ3v) is 4.29. The molecular weight excluding hydrogens is 284 g/mol. The fraction of sp³-hybridized carbons (Fsp3) is 0.211. The Morgan fingerprint density at radius 1 is 1.09 bits per heavy atom. The van der Waals surface area contributed by atoms with Crippen LogP contribution in [0.25, 0.3) is 0 Å². The highest BCUT2D eigenvalue weighted by atomic mass is 15.2. The monoisotopic (exact) mass is 302 g/mol. The van der Waals surface area contributed by atoms with Gasteiger partial charge in [-0.1, -0.05) is 32.0 Å². The van der Waals surface area contributed by atoms with Gasteiger partial charge in [0.25, 0.3) is 0 Å². The molecule has 4 nitrogen and oxygen atoms in total. The Morgan fingerprint density at radius 3 is 2.43 bits per heavy atom. The van der Waals surface area contributed by atoms with Crippen molar-refractivity contribution < 1.29 is 0 Å². The number of rotatable bonds is 2. The Hall–Kier alpha value is -2.93. The molecule has 3 rings (SSSR count). The van der Waals surface area contributed by atoms with Crippen LogP contribution < -0.4 is 4.90 Å². The van der Waals surface area contributed by atoms with E-state index in [1.54, 1.807) is 24.3 Å². The topological polar surface area (TPSA) is 51.8 Å². The summed E-state index contributed by atoms with van der Waals surface area (Å²) in [5.74, 6) is 0. The molecule has 2 aromatic rings. The maximum Gasteiger partial charge on any atom is 0.0991 e. The van der Waals surface area contributed by atoms with Crippen LogP contribution in [0.1, 0.15) is 25.0 Å².